The van der Waals surface area contributed by atoms with Crippen LogP contribution in [0.15, 0.2) is 78.9 Å². The third-order valence-electron chi connectivity index (χ3n) is 4.82. The Kier molecular flexibility index (Phi) is 7.79. The zero-order valence-corrected chi connectivity index (χ0v) is 17.8. The van der Waals surface area contributed by atoms with Gasteiger partial charge in [-0.25, -0.2) is 0 Å². The van der Waals surface area contributed by atoms with Crippen LogP contribution >= 0.6 is 0 Å². The van der Waals surface area contributed by atoms with Crippen LogP contribution < -0.4 is 20.3 Å². The van der Waals surface area contributed by atoms with Gasteiger partial charge in [0.2, 0.25) is 5.91 Å². The molecule has 0 saturated heterocycles. The first-order valence-corrected chi connectivity index (χ1v) is 10.2. The number of ether oxygens (including phenoxy) is 1. The molecule has 0 radical (unpaired) electrons. The van der Waals surface area contributed by atoms with Crippen LogP contribution in [0.5, 0.6) is 5.75 Å². The van der Waals surface area contributed by atoms with Gasteiger partial charge in [0.05, 0.1) is 13.7 Å². The smallest absolute Gasteiger partial charge is 0.258 e. The molecule has 0 bridgehead atoms. The molecule has 0 unspecified atom stereocenters. The Balaban J connectivity index is 1.51. The second-order valence-electron chi connectivity index (χ2n) is 6.96. The van der Waals surface area contributed by atoms with E-state index in [1.165, 1.54) is 0 Å². The Hall–Kier alpha value is -3.64. The fourth-order valence-corrected chi connectivity index (χ4v) is 3.17. The summed E-state index contributed by atoms with van der Waals surface area (Å²) in [5.74, 6) is 0.578. The molecule has 2 N–H and O–H groups in total. The summed E-state index contributed by atoms with van der Waals surface area (Å²) in [6, 6.07) is 24.2. The van der Waals surface area contributed by atoms with E-state index in [1.807, 2.05) is 61.5 Å². The standard InChI is InChI=1S/C25H27N3O3/c1-3-28(22-7-5-4-6-8-22)25(30)20-11-13-21(14-12-20)27-24(29)18-26-17-19-9-15-23(31-2)16-10-19/h4-16,26H,3,17-18H2,1-2H3,(H,27,29). The van der Waals surface area contributed by atoms with Gasteiger partial charge in [0, 0.05) is 30.0 Å². The van der Waals surface area contributed by atoms with Gasteiger partial charge in [-0.15, -0.1) is 0 Å². The Bertz CT molecular complexity index is 987. The van der Waals surface area contributed by atoms with Crippen molar-refractivity contribution in [3.8, 4) is 5.75 Å². The minimum atomic E-state index is -0.146. The lowest BCUT2D eigenvalue weighted by molar-refractivity contribution is -0.115. The van der Waals surface area contributed by atoms with Crippen molar-refractivity contribution >= 4 is 23.2 Å². The van der Waals surface area contributed by atoms with E-state index in [4.69, 9.17) is 4.74 Å². The molecule has 0 aliphatic heterocycles. The van der Waals surface area contributed by atoms with Crippen molar-refractivity contribution < 1.29 is 14.3 Å². The molecule has 2 amide bonds. The zero-order valence-electron chi connectivity index (χ0n) is 17.8. The number of rotatable bonds is 9. The van der Waals surface area contributed by atoms with Gasteiger partial charge >= 0.3 is 0 Å². The lowest BCUT2D eigenvalue weighted by atomic mass is 10.1. The zero-order chi connectivity index (χ0) is 22.1. The van der Waals surface area contributed by atoms with E-state index in [0.717, 1.165) is 17.0 Å². The molecule has 3 rings (SSSR count). The normalized spacial score (nSPS) is 10.4. The van der Waals surface area contributed by atoms with Crippen molar-refractivity contribution in [3.63, 3.8) is 0 Å². The van der Waals surface area contributed by atoms with Crippen molar-refractivity contribution in [2.45, 2.75) is 13.5 Å². The average Bonchev–Trinajstić information content (AvgIpc) is 2.81. The molecule has 0 spiro atoms. The molecule has 0 heterocycles. The maximum Gasteiger partial charge on any atom is 0.258 e. The van der Waals surface area contributed by atoms with Crippen LogP contribution in [-0.2, 0) is 11.3 Å². The summed E-state index contributed by atoms with van der Waals surface area (Å²) in [4.78, 5) is 26.8. The van der Waals surface area contributed by atoms with E-state index in [1.54, 1.807) is 36.3 Å². The van der Waals surface area contributed by atoms with E-state index in [0.29, 0.717) is 24.3 Å². The van der Waals surface area contributed by atoms with Gasteiger partial charge in [0.15, 0.2) is 0 Å². The highest BCUT2D eigenvalue weighted by molar-refractivity contribution is 6.06. The van der Waals surface area contributed by atoms with Gasteiger partial charge in [-0.3, -0.25) is 9.59 Å². The predicted molar refractivity (Wildman–Crippen MR) is 124 cm³/mol. The molecule has 0 aliphatic carbocycles. The highest BCUT2D eigenvalue weighted by Gasteiger charge is 2.15. The second-order valence-corrected chi connectivity index (χ2v) is 6.96. The van der Waals surface area contributed by atoms with Crippen LogP contribution in [-0.4, -0.2) is 32.0 Å². The van der Waals surface area contributed by atoms with Gasteiger partial charge in [0.1, 0.15) is 5.75 Å². The topological polar surface area (TPSA) is 70.7 Å². The van der Waals surface area contributed by atoms with Crippen molar-refractivity contribution in [2.24, 2.45) is 0 Å². The number of carbonyl (C=O) groups excluding carboxylic acids is 2. The summed E-state index contributed by atoms with van der Waals surface area (Å²) in [6.45, 7) is 3.28. The molecule has 6 nitrogen and oxygen atoms in total. The van der Waals surface area contributed by atoms with E-state index in [-0.39, 0.29) is 18.4 Å². The van der Waals surface area contributed by atoms with Crippen molar-refractivity contribution in [3.05, 3.63) is 90.0 Å². The third kappa shape index (κ3) is 6.17. The van der Waals surface area contributed by atoms with E-state index in [2.05, 4.69) is 10.6 Å². The molecular formula is C25H27N3O3. The van der Waals surface area contributed by atoms with Crippen LogP contribution in [0.1, 0.15) is 22.8 Å². The Labute approximate surface area is 182 Å². The number of hydrogen-bond acceptors (Lipinski definition) is 4. The molecule has 160 valence electrons. The molecule has 31 heavy (non-hydrogen) atoms. The van der Waals surface area contributed by atoms with Crippen molar-refractivity contribution in [1.29, 1.82) is 0 Å². The summed E-state index contributed by atoms with van der Waals surface area (Å²) >= 11 is 0. The lowest BCUT2D eigenvalue weighted by Crippen LogP contribution is -2.30. The highest BCUT2D eigenvalue weighted by atomic mass is 16.5. The molecule has 3 aromatic carbocycles. The molecule has 6 heteroatoms. The first-order valence-electron chi connectivity index (χ1n) is 10.2. The maximum absolute atomic E-state index is 12.8. The minimum Gasteiger partial charge on any atom is -0.497 e. The number of methoxy groups -OCH3 is 1. The lowest BCUT2D eigenvalue weighted by Gasteiger charge is -2.21. The van der Waals surface area contributed by atoms with Gasteiger partial charge in [-0.1, -0.05) is 30.3 Å². The number of nitrogens with one attached hydrogen (secondary N) is 2. The van der Waals surface area contributed by atoms with Gasteiger partial charge in [0.25, 0.3) is 5.91 Å². The average molecular weight is 418 g/mol. The Morgan fingerprint density at radius 2 is 1.58 bits per heavy atom. The number of benzene rings is 3. The fraction of sp³-hybridized carbons (Fsp3) is 0.200. The summed E-state index contributed by atoms with van der Waals surface area (Å²) in [5.41, 5.74) is 3.14. The number of para-hydroxylation sites is 1. The molecule has 0 saturated carbocycles. The largest absolute Gasteiger partial charge is 0.497 e. The second kappa shape index (κ2) is 10.9. The number of amides is 2. The van der Waals surface area contributed by atoms with Crippen LogP contribution in [0.3, 0.4) is 0 Å². The molecular weight excluding hydrogens is 390 g/mol. The van der Waals surface area contributed by atoms with Gasteiger partial charge in [-0.05, 0) is 61.0 Å². The Morgan fingerprint density at radius 1 is 0.903 bits per heavy atom. The van der Waals surface area contributed by atoms with Gasteiger partial charge in [-0.2, -0.15) is 0 Å². The molecule has 0 fully saturated rings. The number of carbonyl (C=O) groups is 2. The van der Waals surface area contributed by atoms with Crippen LogP contribution in [0, 0.1) is 0 Å². The fourth-order valence-electron chi connectivity index (χ4n) is 3.17. The maximum atomic E-state index is 12.8. The van der Waals surface area contributed by atoms with E-state index < -0.39 is 0 Å². The predicted octanol–water partition coefficient (Wildman–Crippen LogP) is 4.09. The van der Waals surface area contributed by atoms with E-state index >= 15 is 0 Å². The Morgan fingerprint density at radius 3 is 2.19 bits per heavy atom. The quantitative estimate of drug-likeness (QED) is 0.550. The first kappa shape index (κ1) is 22.1. The van der Waals surface area contributed by atoms with Crippen LogP contribution in [0.25, 0.3) is 0 Å². The number of anilines is 2. The monoisotopic (exact) mass is 417 g/mol. The SMILES string of the molecule is CCN(C(=O)c1ccc(NC(=O)CNCc2ccc(OC)cc2)cc1)c1ccccc1. The first-order chi connectivity index (χ1) is 15.1. The van der Waals surface area contributed by atoms with Gasteiger partial charge < -0.3 is 20.3 Å². The summed E-state index contributed by atoms with van der Waals surface area (Å²) < 4.78 is 5.13. The molecule has 0 atom stereocenters. The minimum absolute atomic E-state index is 0.0762. The summed E-state index contributed by atoms with van der Waals surface area (Å²) in [6.07, 6.45) is 0. The van der Waals surface area contributed by atoms with Crippen molar-refractivity contribution in [2.75, 3.05) is 30.4 Å². The summed E-state index contributed by atoms with van der Waals surface area (Å²) in [5, 5.41) is 5.96. The van der Waals surface area contributed by atoms with Crippen LogP contribution in [0.2, 0.25) is 0 Å². The van der Waals surface area contributed by atoms with E-state index in [9.17, 15) is 9.59 Å². The molecule has 0 aliphatic rings. The highest BCUT2D eigenvalue weighted by Crippen LogP contribution is 2.18. The van der Waals surface area contributed by atoms with Crippen LogP contribution in [0.4, 0.5) is 11.4 Å². The molecule has 3 aromatic rings. The number of hydrogen-bond donors (Lipinski definition) is 2. The summed E-state index contributed by atoms with van der Waals surface area (Å²) in [7, 11) is 1.63. The number of nitrogens with zero attached hydrogens (tertiary/aromatic N) is 1. The molecule has 0 aromatic heterocycles. The third-order valence-corrected chi connectivity index (χ3v) is 4.82. The van der Waals surface area contributed by atoms with Crippen molar-refractivity contribution in [1.82, 2.24) is 5.32 Å².